The summed E-state index contributed by atoms with van der Waals surface area (Å²) in [4.78, 5) is 7.89. The number of nitrogens with zero attached hydrogens (tertiary/aromatic N) is 2. The minimum absolute atomic E-state index is 0.0965. The number of aromatic nitrogens is 2. The summed E-state index contributed by atoms with van der Waals surface area (Å²) >= 11 is 0. The van der Waals surface area contributed by atoms with Crippen molar-refractivity contribution in [2.45, 2.75) is 5.03 Å². The fourth-order valence-corrected chi connectivity index (χ4v) is 2.91. The fraction of sp³-hybridized carbons (Fsp3) is 0. The molecule has 0 saturated carbocycles. The second-order valence-corrected chi connectivity index (χ2v) is 5.97. The molecule has 21 heavy (non-hydrogen) atoms. The minimum atomic E-state index is -3.83. The van der Waals surface area contributed by atoms with Crippen LogP contribution in [-0.4, -0.2) is 23.5 Å². The molecule has 2 aromatic heterocycles. The normalized spacial score (nSPS) is 11.4. The summed E-state index contributed by atoms with van der Waals surface area (Å²) in [7, 11) is -3.83. The van der Waals surface area contributed by atoms with Gasteiger partial charge < -0.3 is 5.11 Å². The lowest BCUT2D eigenvalue weighted by atomic mass is 10.2. The predicted molar refractivity (Wildman–Crippen MR) is 78.5 cm³/mol. The first kappa shape index (κ1) is 13.3. The Hall–Kier alpha value is -2.67. The first-order valence-electron chi connectivity index (χ1n) is 6.08. The van der Waals surface area contributed by atoms with Crippen LogP contribution in [0, 0.1) is 0 Å². The summed E-state index contributed by atoms with van der Waals surface area (Å²) in [6.07, 6.45) is 2.68. The number of nitrogens with one attached hydrogen (secondary N) is 1. The second kappa shape index (κ2) is 5.02. The number of aromatic hydroxyl groups is 1. The number of para-hydroxylation sites is 1. The van der Waals surface area contributed by atoms with Crippen molar-refractivity contribution in [3.63, 3.8) is 0 Å². The maximum Gasteiger partial charge on any atom is 0.279 e. The van der Waals surface area contributed by atoms with Crippen molar-refractivity contribution in [3.05, 3.63) is 54.9 Å². The third-order valence-corrected chi connectivity index (χ3v) is 4.15. The molecule has 2 heterocycles. The van der Waals surface area contributed by atoms with Gasteiger partial charge in [-0.1, -0.05) is 18.2 Å². The molecule has 2 N–H and O–H groups in total. The maximum absolute atomic E-state index is 12.3. The summed E-state index contributed by atoms with van der Waals surface area (Å²) in [5.74, 6) is -0.0965. The third kappa shape index (κ3) is 2.63. The van der Waals surface area contributed by atoms with E-state index >= 15 is 0 Å². The predicted octanol–water partition coefficient (Wildman–Crippen LogP) is 2.14. The van der Waals surface area contributed by atoms with E-state index < -0.39 is 10.0 Å². The summed E-state index contributed by atoms with van der Waals surface area (Å²) in [6, 6.07) is 11.3. The Balaban J connectivity index is 2.03. The van der Waals surface area contributed by atoms with Crippen molar-refractivity contribution >= 4 is 26.6 Å². The van der Waals surface area contributed by atoms with Crippen molar-refractivity contribution in [1.29, 1.82) is 0 Å². The van der Waals surface area contributed by atoms with Gasteiger partial charge >= 0.3 is 0 Å². The standard InChI is InChI=1S/C14H11N3O3S/c18-11-6-7-13(16-9-11)21(19,20)17-12-5-1-3-10-4-2-8-15-14(10)12/h1-9,17-18H. The van der Waals surface area contributed by atoms with E-state index in [4.69, 9.17) is 5.11 Å². The highest BCUT2D eigenvalue weighted by atomic mass is 32.2. The van der Waals surface area contributed by atoms with Gasteiger partial charge in [0.2, 0.25) is 0 Å². The van der Waals surface area contributed by atoms with Crippen LogP contribution in [0.15, 0.2) is 59.9 Å². The molecule has 0 aliphatic rings. The van der Waals surface area contributed by atoms with E-state index in [0.29, 0.717) is 11.2 Å². The Bertz CT molecular complexity index is 887. The monoisotopic (exact) mass is 301 g/mol. The molecule has 0 bridgehead atoms. The molecule has 3 aromatic rings. The number of hydrogen-bond donors (Lipinski definition) is 2. The van der Waals surface area contributed by atoms with Gasteiger partial charge in [0, 0.05) is 11.6 Å². The van der Waals surface area contributed by atoms with Crippen LogP contribution in [0.25, 0.3) is 10.9 Å². The average Bonchev–Trinajstić information content (AvgIpc) is 2.48. The zero-order valence-corrected chi connectivity index (χ0v) is 11.6. The number of pyridine rings is 2. The Kier molecular flexibility index (Phi) is 3.19. The maximum atomic E-state index is 12.3. The largest absolute Gasteiger partial charge is 0.506 e. The SMILES string of the molecule is O=S(=O)(Nc1cccc2cccnc12)c1ccc(O)cn1. The quantitative estimate of drug-likeness (QED) is 0.773. The van der Waals surface area contributed by atoms with E-state index in [-0.39, 0.29) is 10.8 Å². The molecule has 0 atom stereocenters. The molecule has 7 heteroatoms. The molecular weight excluding hydrogens is 290 g/mol. The fourth-order valence-electron chi connectivity index (χ4n) is 1.92. The molecule has 0 unspecified atom stereocenters. The molecule has 0 aliphatic carbocycles. The molecule has 0 saturated heterocycles. The summed E-state index contributed by atoms with van der Waals surface area (Å²) < 4.78 is 27.0. The number of anilines is 1. The number of hydrogen-bond acceptors (Lipinski definition) is 5. The lowest BCUT2D eigenvalue weighted by molar-refractivity contribution is 0.471. The molecule has 0 fully saturated rings. The van der Waals surface area contributed by atoms with Crippen molar-refractivity contribution < 1.29 is 13.5 Å². The Morgan fingerprint density at radius 3 is 2.57 bits per heavy atom. The molecule has 3 rings (SSSR count). The van der Waals surface area contributed by atoms with Crippen molar-refractivity contribution in [1.82, 2.24) is 9.97 Å². The highest BCUT2D eigenvalue weighted by molar-refractivity contribution is 7.92. The van der Waals surface area contributed by atoms with E-state index in [1.807, 2.05) is 12.1 Å². The first-order chi connectivity index (χ1) is 10.1. The second-order valence-electron chi connectivity index (χ2n) is 4.34. The van der Waals surface area contributed by atoms with E-state index in [0.717, 1.165) is 11.6 Å². The first-order valence-corrected chi connectivity index (χ1v) is 7.56. The lowest BCUT2D eigenvalue weighted by Gasteiger charge is -2.09. The van der Waals surface area contributed by atoms with Gasteiger partial charge in [0.05, 0.1) is 17.4 Å². The molecule has 6 nitrogen and oxygen atoms in total. The van der Waals surface area contributed by atoms with Gasteiger partial charge in [0.25, 0.3) is 10.0 Å². The van der Waals surface area contributed by atoms with E-state index in [9.17, 15) is 8.42 Å². The average molecular weight is 301 g/mol. The van der Waals surface area contributed by atoms with Crippen LogP contribution >= 0.6 is 0 Å². The topological polar surface area (TPSA) is 92.2 Å². The highest BCUT2D eigenvalue weighted by Crippen LogP contribution is 2.23. The minimum Gasteiger partial charge on any atom is -0.506 e. The van der Waals surface area contributed by atoms with Gasteiger partial charge in [0.15, 0.2) is 5.03 Å². The van der Waals surface area contributed by atoms with Gasteiger partial charge in [-0.05, 0) is 24.3 Å². The van der Waals surface area contributed by atoms with Gasteiger partial charge in [-0.3, -0.25) is 9.71 Å². The van der Waals surface area contributed by atoms with Gasteiger partial charge in [-0.2, -0.15) is 8.42 Å². The molecular formula is C14H11N3O3S. The number of fused-ring (bicyclic) bond motifs is 1. The van der Waals surface area contributed by atoms with Crippen molar-refractivity contribution in [2.75, 3.05) is 4.72 Å². The number of rotatable bonds is 3. The van der Waals surface area contributed by atoms with Gasteiger partial charge in [-0.25, -0.2) is 4.98 Å². The van der Waals surface area contributed by atoms with Crippen LogP contribution in [0.1, 0.15) is 0 Å². The summed E-state index contributed by atoms with van der Waals surface area (Å²) in [6.45, 7) is 0. The van der Waals surface area contributed by atoms with Crippen LogP contribution < -0.4 is 4.72 Å². The Labute approximate surface area is 121 Å². The molecule has 106 valence electrons. The number of benzene rings is 1. The van der Waals surface area contributed by atoms with Crippen molar-refractivity contribution in [2.24, 2.45) is 0 Å². The Morgan fingerprint density at radius 1 is 1.00 bits per heavy atom. The van der Waals surface area contributed by atoms with Crippen LogP contribution in [0.5, 0.6) is 5.75 Å². The lowest BCUT2D eigenvalue weighted by Crippen LogP contribution is -2.14. The van der Waals surface area contributed by atoms with Crippen LogP contribution in [0.3, 0.4) is 0 Å². The summed E-state index contributed by atoms with van der Waals surface area (Å²) in [5.41, 5.74) is 0.935. The van der Waals surface area contributed by atoms with E-state index in [2.05, 4.69) is 14.7 Å². The summed E-state index contributed by atoms with van der Waals surface area (Å²) in [5, 5.41) is 9.82. The van der Waals surface area contributed by atoms with Crippen LogP contribution in [0.2, 0.25) is 0 Å². The zero-order valence-electron chi connectivity index (χ0n) is 10.8. The number of sulfonamides is 1. The van der Waals surface area contributed by atoms with Crippen molar-refractivity contribution in [3.8, 4) is 5.75 Å². The smallest absolute Gasteiger partial charge is 0.279 e. The molecule has 0 radical (unpaired) electrons. The molecule has 0 amide bonds. The van der Waals surface area contributed by atoms with Crippen LogP contribution in [0.4, 0.5) is 5.69 Å². The van der Waals surface area contributed by atoms with E-state index in [1.165, 1.54) is 12.1 Å². The molecule has 0 spiro atoms. The zero-order chi connectivity index (χ0) is 14.9. The Morgan fingerprint density at radius 2 is 1.81 bits per heavy atom. The van der Waals surface area contributed by atoms with Crippen LogP contribution in [-0.2, 0) is 10.0 Å². The van der Waals surface area contributed by atoms with E-state index in [1.54, 1.807) is 24.4 Å². The van der Waals surface area contributed by atoms with Gasteiger partial charge in [0.1, 0.15) is 5.75 Å². The van der Waals surface area contributed by atoms with Gasteiger partial charge in [-0.15, -0.1) is 0 Å². The molecule has 1 aromatic carbocycles. The molecule has 0 aliphatic heterocycles. The highest BCUT2D eigenvalue weighted by Gasteiger charge is 2.17. The third-order valence-electron chi connectivity index (χ3n) is 2.87.